The maximum Gasteiger partial charge on any atom is 0.326 e. The Bertz CT molecular complexity index is 748. The van der Waals surface area contributed by atoms with Crippen molar-refractivity contribution in [1.29, 1.82) is 0 Å². The Kier molecular flexibility index (Phi) is 10.9. The summed E-state index contributed by atoms with van der Waals surface area (Å²) in [5, 5.41) is 31.5. The lowest BCUT2D eigenvalue weighted by Gasteiger charge is -2.29. The Morgan fingerprint density at radius 1 is 0.969 bits per heavy atom. The molecule has 3 amide bonds. The first-order valence-electron chi connectivity index (χ1n) is 9.92. The van der Waals surface area contributed by atoms with Crippen molar-refractivity contribution < 1.29 is 44.1 Å². The molecule has 7 N–H and O–H groups in total. The van der Waals surface area contributed by atoms with Crippen LogP contribution in [0.25, 0.3) is 0 Å². The number of carboxylic acid groups (broad SMARTS) is 3. The van der Waals surface area contributed by atoms with Gasteiger partial charge in [0.25, 0.3) is 0 Å². The highest BCUT2D eigenvalue weighted by molar-refractivity contribution is 7.80. The molecule has 4 atom stereocenters. The van der Waals surface area contributed by atoms with Crippen LogP contribution in [-0.2, 0) is 28.8 Å². The van der Waals surface area contributed by atoms with Gasteiger partial charge in [0.05, 0.1) is 6.04 Å². The van der Waals surface area contributed by atoms with Crippen LogP contribution in [-0.4, -0.2) is 92.3 Å². The molecule has 0 aromatic heterocycles. The van der Waals surface area contributed by atoms with E-state index in [1.54, 1.807) is 0 Å². The van der Waals surface area contributed by atoms with Crippen molar-refractivity contribution in [2.24, 2.45) is 5.73 Å². The second kappa shape index (κ2) is 12.9. The van der Waals surface area contributed by atoms with E-state index in [4.69, 9.17) is 15.9 Å². The van der Waals surface area contributed by atoms with E-state index < -0.39 is 72.6 Å². The van der Waals surface area contributed by atoms with Gasteiger partial charge in [-0.3, -0.25) is 24.0 Å². The van der Waals surface area contributed by atoms with Crippen molar-refractivity contribution in [3.05, 3.63) is 0 Å². The van der Waals surface area contributed by atoms with Crippen LogP contribution in [0.15, 0.2) is 0 Å². The Labute approximate surface area is 189 Å². The van der Waals surface area contributed by atoms with Gasteiger partial charge in [0.1, 0.15) is 18.1 Å². The van der Waals surface area contributed by atoms with Crippen molar-refractivity contribution in [2.45, 2.75) is 62.7 Å². The highest BCUT2D eigenvalue weighted by atomic mass is 32.1. The Balaban J connectivity index is 2.94. The zero-order chi connectivity index (χ0) is 24.4. The smallest absolute Gasteiger partial charge is 0.326 e. The summed E-state index contributed by atoms with van der Waals surface area (Å²) in [6.07, 6.45) is -0.825. The first-order valence-corrected chi connectivity index (χ1v) is 10.5. The number of nitrogens with two attached hydrogens (primary N) is 1. The van der Waals surface area contributed by atoms with Gasteiger partial charge in [0, 0.05) is 25.1 Å². The van der Waals surface area contributed by atoms with Gasteiger partial charge in [-0.2, -0.15) is 12.6 Å². The predicted molar refractivity (Wildman–Crippen MR) is 112 cm³/mol. The number of nitrogens with zero attached hydrogens (tertiary/aromatic N) is 1. The monoisotopic (exact) mass is 476 g/mol. The fourth-order valence-electron chi connectivity index (χ4n) is 3.18. The summed E-state index contributed by atoms with van der Waals surface area (Å²) in [4.78, 5) is 72.0. The zero-order valence-electron chi connectivity index (χ0n) is 17.2. The van der Waals surface area contributed by atoms with Crippen molar-refractivity contribution in [3.63, 3.8) is 0 Å². The van der Waals surface area contributed by atoms with E-state index in [1.165, 1.54) is 0 Å². The zero-order valence-corrected chi connectivity index (χ0v) is 18.1. The fraction of sp³-hybridized carbons (Fsp3) is 0.667. The third-order valence-corrected chi connectivity index (χ3v) is 5.29. The van der Waals surface area contributed by atoms with E-state index in [-0.39, 0.29) is 31.6 Å². The molecular weight excluding hydrogens is 448 g/mol. The molecular formula is C18H28N4O9S. The highest BCUT2D eigenvalue weighted by Gasteiger charge is 2.39. The van der Waals surface area contributed by atoms with E-state index in [0.29, 0.717) is 6.42 Å². The molecule has 0 radical (unpaired) electrons. The number of likely N-dealkylation sites (tertiary alicyclic amines) is 1. The minimum absolute atomic E-state index is 0.00661. The summed E-state index contributed by atoms with van der Waals surface area (Å²) >= 11 is 3.91. The average molecular weight is 477 g/mol. The molecule has 1 heterocycles. The van der Waals surface area contributed by atoms with Crippen LogP contribution in [0.1, 0.15) is 38.5 Å². The van der Waals surface area contributed by atoms with Crippen LogP contribution < -0.4 is 16.4 Å². The van der Waals surface area contributed by atoms with Gasteiger partial charge in [-0.25, -0.2) is 4.79 Å². The second-order valence-electron chi connectivity index (χ2n) is 7.30. The third-order valence-electron chi connectivity index (χ3n) is 4.89. The number of carboxylic acids is 3. The van der Waals surface area contributed by atoms with Crippen LogP contribution in [0.2, 0.25) is 0 Å². The first-order chi connectivity index (χ1) is 15.0. The van der Waals surface area contributed by atoms with E-state index in [0.717, 1.165) is 4.90 Å². The fourth-order valence-corrected chi connectivity index (χ4v) is 3.35. The van der Waals surface area contributed by atoms with E-state index >= 15 is 0 Å². The Hall–Kier alpha value is -2.87. The van der Waals surface area contributed by atoms with Crippen LogP contribution in [0.5, 0.6) is 0 Å². The normalized spacial score (nSPS) is 18.3. The Morgan fingerprint density at radius 3 is 2.03 bits per heavy atom. The van der Waals surface area contributed by atoms with Gasteiger partial charge in [-0.15, -0.1) is 0 Å². The van der Waals surface area contributed by atoms with Crippen LogP contribution in [0.3, 0.4) is 0 Å². The molecule has 1 fully saturated rings. The maximum atomic E-state index is 13.0. The third kappa shape index (κ3) is 8.34. The number of nitrogens with one attached hydrogen (secondary N) is 2. The van der Waals surface area contributed by atoms with Crippen LogP contribution in [0.4, 0.5) is 0 Å². The Morgan fingerprint density at radius 2 is 1.53 bits per heavy atom. The van der Waals surface area contributed by atoms with Gasteiger partial charge in [-0.1, -0.05) is 0 Å². The van der Waals surface area contributed by atoms with Gasteiger partial charge in [0.2, 0.25) is 17.7 Å². The van der Waals surface area contributed by atoms with E-state index in [9.17, 15) is 33.9 Å². The molecule has 14 heteroatoms. The molecule has 0 aliphatic carbocycles. The lowest BCUT2D eigenvalue weighted by Crippen LogP contribution is -2.57. The van der Waals surface area contributed by atoms with Crippen molar-refractivity contribution in [3.8, 4) is 0 Å². The molecule has 1 aliphatic rings. The van der Waals surface area contributed by atoms with E-state index in [1.807, 2.05) is 0 Å². The van der Waals surface area contributed by atoms with Crippen LogP contribution >= 0.6 is 12.6 Å². The molecule has 1 saturated heterocycles. The van der Waals surface area contributed by atoms with E-state index in [2.05, 4.69) is 23.3 Å². The predicted octanol–water partition coefficient (Wildman–Crippen LogP) is -1.98. The van der Waals surface area contributed by atoms with Gasteiger partial charge in [0.15, 0.2) is 0 Å². The molecule has 0 aromatic carbocycles. The first kappa shape index (κ1) is 27.2. The van der Waals surface area contributed by atoms with Crippen molar-refractivity contribution in [1.82, 2.24) is 15.5 Å². The summed E-state index contributed by atoms with van der Waals surface area (Å²) in [7, 11) is 0. The standard InChI is InChI=1S/C18H28N4O9S/c19-9(8-32)15(27)20-10(3-5-13(23)24)17(29)22-7-1-2-12(22)16(28)21-11(18(30)31)4-6-14(25)26/h9-12,32H,1-8,19H2,(H,20,27)(H,21,28)(H,23,24)(H,25,26)(H,30,31). The number of amides is 3. The highest BCUT2D eigenvalue weighted by Crippen LogP contribution is 2.20. The molecule has 180 valence electrons. The molecule has 32 heavy (non-hydrogen) atoms. The molecule has 0 spiro atoms. The number of hydrogen-bond acceptors (Lipinski definition) is 8. The lowest BCUT2D eigenvalue weighted by molar-refractivity contribution is -0.145. The molecule has 0 saturated carbocycles. The summed E-state index contributed by atoms with van der Waals surface area (Å²) in [6, 6.07) is -4.77. The molecule has 0 aromatic rings. The SMILES string of the molecule is NC(CS)C(=O)NC(CCC(=O)O)C(=O)N1CCCC1C(=O)NC(CCC(=O)O)C(=O)O. The molecule has 0 bridgehead atoms. The molecule has 13 nitrogen and oxygen atoms in total. The summed E-state index contributed by atoms with van der Waals surface area (Å²) in [6.45, 7) is 0.141. The number of carbonyl (C=O) groups excluding carboxylic acids is 3. The summed E-state index contributed by atoms with van der Waals surface area (Å²) in [5.41, 5.74) is 5.59. The number of carbonyl (C=O) groups is 6. The number of hydrogen-bond donors (Lipinski definition) is 7. The summed E-state index contributed by atoms with van der Waals surface area (Å²) in [5.74, 6) is -6.00. The molecule has 1 rings (SSSR count). The average Bonchev–Trinajstić information content (AvgIpc) is 3.22. The minimum Gasteiger partial charge on any atom is -0.481 e. The van der Waals surface area contributed by atoms with Crippen LogP contribution in [0, 0.1) is 0 Å². The van der Waals surface area contributed by atoms with Crippen molar-refractivity contribution in [2.75, 3.05) is 12.3 Å². The maximum absolute atomic E-state index is 13.0. The molecule has 1 aliphatic heterocycles. The number of rotatable bonds is 13. The topological polar surface area (TPSA) is 216 Å². The number of thiol groups is 1. The largest absolute Gasteiger partial charge is 0.481 e. The van der Waals surface area contributed by atoms with Gasteiger partial charge in [-0.05, 0) is 25.7 Å². The van der Waals surface area contributed by atoms with Gasteiger partial charge < -0.3 is 36.6 Å². The van der Waals surface area contributed by atoms with Crippen molar-refractivity contribution >= 4 is 48.3 Å². The lowest BCUT2D eigenvalue weighted by atomic mass is 10.1. The second-order valence-corrected chi connectivity index (χ2v) is 7.67. The van der Waals surface area contributed by atoms with Gasteiger partial charge >= 0.3 is 17.9 Å². The number of aliphatic carboxylic acids is 3. The molecule has 4 unspecified atom stereocenters. The quantitative estimate of drug-likeness (QED) is 0.145. The summed E-state index contributed by atoms with van der Waals surface area (Å²) < 4.78 is 0. The minimum atomic E-state index is -1.45.